The summed E-state index contributed by atoms with van der Waals surface area (Å²) in [5.41, 5.74) is 0.0775. The van der Waals surface area contributed by atoms with Gasteiger partial charge in [0.1, 0.15) is 11.4 Å². The highest BCUT2D eigenvalue weighted by Crippen LogP contribution is 2.42. The van der Waals surface area contributed by atoms with E-state index < -0.39 is 5.60 Å². The molecule has 1 amide bonds. The van der Waals surface area contributed by atoms with Crippen LogP contribution in [0.5, 0.6) is 5.75 Å². The first-order valence-corrected chi connectivity index (χ1v) is 8.84. The van der Waals surface area contributed by atoms with Crippen LogP contribution in [-0.2, 0) is 9.53 Å². The second-order valence-electron chi connectivity index (χ2n) is 6.82. The van der Waals surface area contributed by atoms with E-state index in [0.717, 1.165) is 37.1 Å². The van der Waals surface area contributed by atoms with Gasteiger partial charge < -0.3 is 14.8 Å². The molecule has 0 radical (unpaired) electrons. The molecule has 23 heavy (non-hydrogen) atoms. The van der Waals surface area contributed by atoms with Crippen LogP contribution in [0.2, 0.25) is 0 Å². The largest absolute Gasteiger partial charge is 0.490 e. The van der Waals surface area contributed by atoms with Gasteiger partial charge in [0.05, 0.1) is 6.10 Å². The molecule has 1 aromatic rings. The molecule has 0 heterocycles. The number of hydrogen-bond acceptors (Lipinski definition) is 3. The normalized spacial score (nSPS) is 21.0. The molecule has 4 heteroatoms. The number of rotatable bonds is 7. The van der Waals surface area contributed by atoms with Gasteiger partial charge in [-0.1, -0.05) is 0 Å². The molecule has 3 rings (SSSR count). The van der Waals surface area contributed by atoms with Crippen molar-refractivity contribution in [2.24, 2.45) is 5.92 Å². The highest BCUT2D eigenvalue weighted by Gasteiger charge is 2.48. The topological polar surface area (TPSA) is 47.6 Å². The van der Waals surface area contributed by atoms with Gasteiger partial charge in [0.15, 0.2) is 0 Å². The number of ether oxygens (including phenoxy) is 2. The predicted octanol–water partition coefficient (Wildman–Crippen LogP) is 4.15. The summed E-state index contributed by atoms with van der Waals surface area (Å²) in [6.07, 6.45) is 7.30. The van der Waals surface area contributed by atoms with Crippen LogP contribution in [0.1, 0.15) is 52.4 Å². The van der Waals surface area contributed by atoms with E-state index in [9.17, 15) is 4.79 Å². The van der Waals surface area contributed by atoms with E-state index in [2.05, 4.69) is 5.32 Å². The summed E-state index contributed by atoms with van der Waals surface area (Å²) in [4.78, 5) is 12.6. The molecule has 0 bridgehead atoms. The second kappa shape index (κ2) is 6.91. The number of nitrogens with one attached hydrogen (secondary N) is 1. The molecule has 0 aromatic heterocycles. The Labute approximate surface area is 138 Å². The van der Waals surface area contributed by atoms with Crippen LogP contribution in [0.3, 0.4) is 0 Å². The molecule has 2 fully saturated rings. The molecule has 2 aliphatic carbocycles. The molecule has 2 aliphatic rings. The van der Waals surface area contributed by atoms with Crippen LogP contribution >= 0.6 is 0 Å². The third-order valence-electron chi connectivity index (χ3n) is 4.97. The maximum Gasteiger partial charge on any atom is 0.256 e. The van der Waals surface area contributed by atoms with Crippen molar-refractivity contribution in [3.8, 4) is 5.75 Å². The van der Waals surface area contributed by atoms with Gasteiger partial charge in [-0.3, -0.25) is 4.79 Å². The average molecular weight is 317 g/mol. The maximum atomic E-state index is 12.6. The maximum absolute atomic E-state index is 12.6. The van der Waals surface area contributed by atoms with E-state index in [1.165, 1.54) is 12.8 Å². The van der Waals surface area contributed by atoms with Crippen molar-refractivity contribution in [1.82, 2.24) is 0 Å². The molecule has 1 aromatic carbocycles. The minimum absolute atomic E-state index is 0.0497. The molecule has 126 valence electrons. The lowest BCUT2D eigenvalue weighted by Crippen LogP contribution is -2.44. The summed E-state index contributed by atoms with van der Waals surface area (Å²) in [5.74, 6) is 1.17. The quantitative estimate of drug-likeness (QED) is 0.821. The highest BCUT2D eigenvalue weighted by molar-refractivity contribution is 5.97. The van der Waals surface area contributed by atoms with Crippen LogP contribution in [-0.4, -0.2) is 24.2 Å². The fourth-order valence-electron chi connectivity index (χ4n) is 3.37. The van der Waals surface area contributed by atoms with Crippen LogP contribution < -0.4 is 10.1 Å². The number of hydrogen-bond donors (Lipinski definition) is 1. The summed E-state index contributed by atoms with van der Waals surface area (Å²) >= 11 is 0. The summed E-state index contributed by atoms with van der Waals surface area (Å²) < 4.78 is 11.7. The summed E-state index contributed by atoms with van der Waals surface area (Å²) in [7, 11) is 0. The lowest BCUT2D eigenvalue weighted by Gasteiger charge is -2.28. The van der Waals surface area contributed by atoms with Crippen LogP contribution in [0.4, 0.5) is 5.69 Å². The monoisotopic (exact) mass is 317 g/mol. The van der Waals surface area contributed by atoms with E-state index in [-0.39, 0.29) is 5.91 Å². The Morgan fingerprint density at radius 2 is 1.83 bits per heavy atom. The molecular formula is C19H27NO3. The smallest absolute Gasteiger partial charge is 0.256 e. The van der Waals surface area contributed by atoms with Crippen molar-refractivity contribution in [3.63, 3.8) is 0 Å². The van der Waals surface area contributed by atoms with Crippen LogP contribution in [0, 0.1) is 5.92 Å². The van der Waals surface area contributed by atoms with Gasteiger partial charge in [-0.05, 0) is 82.6 Å². The SMILES string of the molecule is CCOC(C)(C(=O)Nc1ccc(OC2CCCC2)cc1)C1CC1. The van der Waals surface area contributed by atoms with Crippen molar-refractivity contribution in [2.45, 2.75) is 64.1 Å². The van der Waals surface area contributed by atoms with Crippen molar-refractivity contribution < 1.29 is 14.3 Å². The number of amides is 1. The number of anilines is 1. The molecule has 1 unspecified atom stereocenters. The zero-order valence-electron chi connectivity index (χ0n) is 14.1. The molecule has 4 nitrogen and oxygen atoms in total. The van der Waals surface area contributed by atoms with E-state index >= 15 is 0 Å². The number of benzene rings is 1. The fourth-order valence-corrected chi connectivity index (χ4v) is 3.37. The van der Waals surface area contributed by atoms with Gasteiger partial charge in [0.2, 0.25) is 0 Å². The van der Waals surface area contributed by atoms with E-state index in [4.69, 9.17) is 9.47 Å². The third-order valence-corrected chi connectivity index (χ3v) is 4.97. The van der Waals surface area contributed by atoms with Crippen LogP contribution in [0.25, 0.3) is 0 Å². The first-order chi connectivity index (χ1) is 11.1. The van der Waals surface area contributed by atoms with Gasteiger partial charge >= 0.3 is 0 Å². The third kappa shape index (κ3) is 3.86. The van der Waals surface area contributed by atoms with Gasteiger partial charge in [-0.25, -0.2) is 0 Å². The molecule has 0 aliphatic heterocycles. The lowest BCUT2D eigenvalue weighted by molar-refractivity contribution is -0.141. The lowest BCUT2D eigenvalue weighted by atomic mass is 9.99. The second-order valence-corrected chi connectivity index (χ2v) is 6.82. The summed E-state index contributed by atoms with van der Waals surface area (Å²) in [6.45, 7) is 4.39. The Morgan fingerprint density at radius 3 is 2.39 bits per heavy atom. The van der Waals surface area contributed by atoms with E-state index in [1.54, 1.807) is 0 Å². The summed E-state index contributed by atoms with van der Waals surface area (Å²) in [6, 6.07) is 7.68. The molecule has 2 saturated carbocycles. The van der Waals surface area contributed by atoms with E-state index in [1.807, 2.05) is 38.1 Å². The zero-order chi connectivity index (χ0) is 16.3. The Morgan fingerprint density at radius 1 is 1.17 bits per heavy atom. The average Bonchev–Trinajstić information content (AvgIpc) is 3.28. The fraction of sp³-hybridized carbons (Fsp3) is 0.632. The molecule has 0 spiro atoms. The van der Waals surface area contributed by atoms with Crippen molar-refractivity contribution in [3.05, 3.63) is 24.3 Å². The predicted molar refractivity (Wildman–Crippen MR) is 90.7 cm³/mol. The minimum Gasteiger partial charge on any atom is -0.490 e. The first-order valence-electron chi connectivity index (χ1n) is 8.84. The standard InChI is InChI=1S/C19H27NO3/c1-3-22-19(2,14-8-9-14)18(21)20-15-10-12-17(13-11-15)23-16-6-4-5-7-16/h10-14,16H,3-9H2,1-2H3,(H,20,21). The summed E-state index contributed by atoms with van der Waals surface area (Å²) in [5, 5.41) is 2.99. The van der Waals surface area contributed by atoms with Crippen molar-refractivity contribution in [2.75, 3.05) is 11.9 Å². The van der Waals surface area contributed by atoms with Gasteiger partial charge in [0, 0.05) is 12.3 Å². The van der Waals surface area contributed by atoms with Gasteiger partial charge in [-0.2, -0.15) is 0 Å². The van der Waals surface area contributed by atoms with Crippen LogP contribution in [0.15, 0.2) is 24.3 Å². The Bertz CT molecular complexity index is 532. The number of carbonyl (C=O) groups excluding carboxylic acids is 1. The molecule has 1 N–H and O–H groups in total. The van der Waals surface area contributed by atoms with Gasteiger partial charge in [0.25, 0.3) is 5.91 Å². The molecule has 0 saturated heterocycles. The van der Waals surface area contributed by atoms with Gasteiger partial charge in [-0.15, -0.1) is 0 Å². The molecular weight excluding hydrogens is 290 g/mol. The Hall–Kier alpha value is -1.55. The zero-order valence-corrected chi connectivity index (χ0v) is 14.1. The number of carbonyl (C=O) groups is 1. The molecule has 1 atom stereocenters. The van der Waals surface area contributed by atoms with E-state index in [0.29, 0.717) is 18.6 Å². The Kier molecular flexibility index (Phi) is 4.90. The van der Waals surface area contributed by atoms with Crippen molar-refractivity contribution >= 4 is 11.6 Å². The first kappa shape index (κ1) is 16.3. The minimum atomic E-state index is -0.715. The Balaban J connectivity index is 1.59. The highest BCUT2D eigenvalue weighted by atomic mass is 16.5. The van der Waals surface area contributed by atoms with Crippen molar-refractivity contribution in [1.29, 1.82) is 0 Å².